The summed E-state index contributed by atoms with van der Waals surface area (Å²) < 4.78 is 21.4. The van der Waals surface area contributed by atoms with E-state index in [1.807, 2.05) is 0 Å². The number of aryl methyl sites for hydroxylation is 1. The van der Waals surface area contributed by atoms with E-state index in [0.29, 0.717) is 5.56 Å². The van der Waals surface area contributed by atoms with Gasteiger partial charge in [-0.25, -0.2) is 9.36 Å². The molecular weight excluding hydrogens is 353 g/mol. The van der Waals surface area contributed by atoms with Gasteiger partial charge in [0.25, 0.3) is 5.56 Å². The fourth-order valence-electron chi connectivity index (χ4n) is 2.01. The predicted molar refractivity (Wildman–Crippen MR) is 82.9 cm³/mol. The molecular formula is C10H17N2Na2O8P. The van der Waals surface area contributed by atoms with E-state index in [1.165, 1.54) is 13.1 Å². The van der Waals surface area contributed by atoms with Crippen molar-refractivity contribution in [2.45, 2.75) is 31.8 Å². The van der Waals surface area contributed by atoms with E-state index >= 15 is 0 Å². The average Bonchev–Trinajstić information content (AvgIpc) is 2.72. The number of aromatic amines is 1. The summed E-state index contributed by atoms with van der Waals surface area (Å²) in [5.74, 6) is 0. The molecule has 0 amide bonds. The van der Waals surface area contributed by atoms with Crippen LogP contribution in [0.1, 0.15) is 18.2 Å². The third-order valence-electron chi connectivity index (χ3n) is 3.07. The van der Waals surface area contributed by atoms with Crippen molar-refractivity contribution in [3.63, 3.8) is 0 Å². The number of phosphoric acid groups is 1. The maximum atomic E-state index is 11.7. The van der Waals surface area contributed by atoms with Gasteiger partial charge < -0.3 is 19.6 Å². The number of aliphatic hydroxyl groups is 1. The average molecular weight is 370 g/mol. The van der Waals surface area contributed by atoms with Crippen molar-refractivity contribution in [1.29, 1.82) is 0 Å². The first kappa shape index (κ1) is 23.7. The van der Waals surface area contributed by atoms with Gasteiger partial charge in [-0.3, -0.25) is 18.9 Å². The van der Waals surface area contributed by atoms with Crippen LogP contribution in [0.3, 0.4) is 0 Å². The van der Waals surface area contributed by atoms with E-state index in [2.05, 4.69) is 9.51 Å². The number of nitrogens with zero attached hydrogens (tertiary/aromatic N) is 1. The van der Waals surface area contributed by atoms with Crippen LogP contribution in [0.25, 0.3) is 0 Å². The molecule has 3 atom stereocenters. The third-order valence-corrected chi connectivity index (χ3v) is 3.55. The summed E-state index contributed by atoms with van der Waals surface area (Å²) in [4.78, 5) is 42.3. The number of H-pyrrole nitrogens is 1. The Hall–Kier alpha value is 0.710. The topological polar surface area (TPSA) is 151 Å². The van der Waals surface area contributed by atoms with E-state index in [0.717, 1.165) is 4.57 Å². The van der Waals surface area contributed by atoms with Crippen molar-refractivity contribution in [2.75, 3.05) is 6.61 Å². The first-order chi connectivity index (χ1) is 9.67. The van der Waals surface area contributed by atoms with Crippen LogP contribution in [0.4, 0.5) is 0 Å². The maximum absolute atomic E-state index is 11.7. The van der Waals surface area contributed by atoms with Crippen LogP contribution in [0, 0.1) is 6.92 Å². The van der Waals surface area contributed by atoms with Crippen LogP contribution >= 0.6 is 7.82 Å². The second-order valence-corrected chi connectivity index (χ2v) is 5.94. The Morgan fingerprint density at radius 3 is 2.61 bits per heavy atom. The molecule has 1 aliphatic heterocycles. The number of nitrogens with one attached hydrogen (secondary N) is 1. The van der Waals surface area contributed by atoms with Crippen molar-refractivity contribution in [2.24, 2.45) is 0 Å². The summed E-state index contributed by atoms with van der Waals surface area (Å²) in [5, 5.41) is 9.79. The van der Waals surface area contributed by atoms with Crippen molar-refractivity contribution in [1.82, 2.24) is 9.55 Å². The number of aliphatic hydroxyl groups excluding tert-OH is 1. The SMILES string of the molecule is Cc1cn([C@H]2C[C@H](O)[C@@H](COP(=O)(O)O)O2)c(=O)[nH]c1=O.[NaH].[NaH]. The van der Waals surface area contributed by atoms with Crippen LogP contribution in [-0.4, -0.2) is 102 Å². The number of ether oxygens (including phenoxy) is 1. The Morgan fingerprint density at radius 2 is 2.04 bits per heavy atom. The van der Waals surface area contributed by atoms with E-state index in [4.69, 9.17) is 14.5 Å². The summed E-state index contributed by atoms with van der Waals surface area (Å²) in [6.07, 6.45) is -1.57. The molecule has 0 spiro atoms. The van der Waals surface area contributed by atoms with Crippen molar-refractivity contribution >= 4 is 66.9 Å². The molecule has 1 aliphatic rings. The van der Waals surface area contributed by atoms with Crippen molar-refractivity contribution in [3.8, 4) is 0 Å². The molecule has 1 aromatic rings. The van der Waals surface area contributed by atoms with E-state index < -0.39 is 44.1 Å². The molecule has 0 unspecified atom stereocenters. The Morgan fingerprint density at radius 1 is 1.43 bits per heavy atom. The zero-order chi connectivity index (χ0) is 15.8. The Bertz CT molecular complexity index is 686. The number of aromatic nitrogens is 2. The van der Waals surface area contributed by atoms with Gasteiger partial charge in [0.1, 0.15) is 12.3 Å². The predicted octanol–water partition coefficient (Wildman–Crippen LogP) is -2.69. The molecule has 0 radical (unpaired) electrons. The molecule has 10 nitrogen and oxygen atoms in total. The molecule has 4 N–H and O–H groups in total. The Kier molecular flexibility index (Phi) is 9.71. The molecule has 13 heteroatoms. The van der Waals surface area contributed by atoms with Crippen molar-refractivity contribution < 1.29 is 28.7 Å². The van der Waals surface area contributed by atoms with Crippen molar-refractivity contribution in [3.05, 3.63) is 32.6 Å². The fraction of sp³-hybridized carbons (Fsp3) is 0.600. The molecule has 2 rings (SSSR count). The van der Waals surface area contributed by atoms with Gasteiger partial charge in [0.05, 0.1) is 12.7 Å². The van der Waals surface area contributed by atoms with Crippen LogP contribution in [0.2, 0.25) is 0 Å². The second kappa shape index (κ2) is 9.42. The zero-order valence-corrected chi connectivity index (χ0v) is 11.9. The Balaban J connectivity index is 0.00000242. The first-order valence-electron chi connectivity index (χ1n) is 6.03. The van der Waals surface area contributed by atoms with Crippen LogP contribution in [0.15, 0.2) is 15.8 Å². The molecule has 23 heavy (non-hydrogen) atoms. The first-order valence-corrected chi connectivity index (χ1v) is 7.56. The van der Waals surface area contributed by atoms with Gasteiger partial charge in [-0.1, -0.05) is 0 Å². The third kappa shape index (κ3) is 6.50. The Labute approximate surface area is 175 Å². The van der Waals surface area contributed by atoms with Gasteiger partial charge in [0.2, 0.25) is 0 Å². The molecule has 1 saturated heterocycles. The second-order valence-electron chi connectivity index (χ2n) is 4.70. The summed E-state index contributed by atoms with van der Waals surface area (Å²) in [5.41, 5.74) is -0.918. The van der Waals surface area contributed by atoms with Crippen LogP contribution in [-0.2, 0) is 13.8 Å². The fourth-order valence-corrected chi connectivity index (χ4v) is 2.35. The normalized spacial score (nSPS) is 23.9. The quantitative estimate of drug-likeness (QED) is 0.330. The van der Waals surface area contributed by atoms with Gasteiger partial charge >= 0.3 is 72.6 Å². The van der Waals surface area contributed by atoms with Crippen LogP contribution < -0.4 is 11.2 Å². The molecule has 0 bridgehead atoms. The van der Waals surface area contributed by atoms with E-state index in [-0.39, 0.29) is 65.5 Å². The molecule has 1 aromatic heterocycles. The van der Waals surface area contributed by atoms with Crippen LogP contribution in [0.5, 0.6) is 0 Å². The van der Waals surface area contributed by atoms with Gasteiger partial charge in [-0.05, 0) is 6.92 Å². The minimum absolute atomic E-state index is 0. The zero-order valence-electron chi connectivity index (χ0n) is 11.0. The summed E-state index contributed by atoms with van der Waals surface area (Å²) in [6.45, 7) is 0.994. The van der Waals surface area contributed by atoms with E-state index in [1.54, 1.807) is 0 Å². The summed E-state index contributed by atoms with van der Waals surface area (Å²) in [7, 11) is -4.67. The number of hydrogen-bond acceptors (Lipinski definition) is 6. The number of rotatable bonds is 4. The standard InChI is InChI=1S/C10H15N2O8P.2Na.2H/c1-5-3-12(10(15)11-9(5)14)8-2-6(13)7(20-8)4-19-21(16,17)18;;;;/h3,6-8,13H,2,4H2,1H3,(H,11,14,15)(H2,16,17,18);;;;/t6-,7+,8+;;;;/m0..../s1. The minimum atomic E-state index is -4.67. The van der Waals surface area contributed by atoms with Gasteiger partial charge in [-0.15, -0.1) is 0 Å². The molecule has 0 saturated carbocycles. The van der Waals surface area contributed by atoms with Gasteiger partial charge in [0, 0.05) is 18.2 Å². The molecule has 1 fully saturated rings. The summed E-state index contributed by atoms with van der Waals surface area (Å²) in [6, 6.07) is 0. The number of hydrogen-bond donors (Lipinski definition) is 4. The van der Waals surface area contributed by atoms with Gasteiger partial charge in [-0.2, -0.15) is 0 Å². The monoisotopic (exact) mass is 370 g/mol. The van der Waals surface area contributed by atoms with Gasteiger partial charge in [0.15, 0.2) is 0 Å². The molecule has 0 aromatic carbocycles. The molecule has 0 aliphatic carbocycles. The molecule has 122 valence electrons. The van der Waals surface area contributed by atoms with E-state index in [9.17, 15) is 19.3 Å². The number of phosphoric ester groups is 1. The molecule has 2 heterocycles. The summed E-state index contributed by atoms with van der Waals surface area (Å²) >= 11 is 0.